The fourth-order valence-corrected chi connectivity index (χ4v) is 3.67. The smallest absolute Gasteiger partial charge is 0.138 e. The molecule has 3 nitrogen and oxygen atoms in total. The van der Waals surface area contributed by atoms with Gasteiger partial charge in [-0.1, -0.05) is 12.1 Å². The monoisotopic (exact) mass is 338 g/mol. The maximum atomic E-state index is 13.3. The first kappa shape index (κ1) is 15.0. The Bertz CT molecular complexity index is 945. The van der Waals surface area contributed by atoms with Crippen molar-refractivity contribution in [2.24, 2.45) is 0 Å². The zero-order valence-electron chi connectivity index (χ0n) is 12.8. The van der Waals surface area contributed by atoms with Gasteiger partial charge in [0.2, 0.25) is 0 Å². The number of benzene rings is 1. The Morgan fingerprint density at radius 2 is 1.92 bits per heavy atom. The summed E-state index contributed by atoms with van der Waals surface area (Å²) in [7, 11) is 0. The van der Waals surface area contributed by atoms with Gasteiger partial charge >= 0.3 is 0 Å². The van der Waals surface area contributed by atoms with E-state index in [1.165, 1.54) is 12.1 Å². The minimum absolute atomic E-state index is 0.231. The van der Waals surface area contributed by atoms with E-state index in [4.69, 9.17) is 4.42 Å². The van der Waals surface area contributed by atoms with Crippen LogP contribution in [0.4, 0.5) is 4.39 Å². The second-order valence-electron chi connectivity index (χ2n) is 5.46. The SMILES string of the molecule is Fc1ccc(-c2c(CSCc3ccco3)[nH]c3ncccc23)cc1. The summed E-state index contributed by atoms with van der Waals surface area (Å²) in [6, 6.07) is 14.4. The first-order valence-electron chi connectivity index (χ1n) is 7.63. The third-order valence-corrected chi connectivity index (χ3v) is 4.83. The molecule has 3 heterocycles. The lowest BCUT2D eigenvalue weighted by Gasteiger charge is -2.05. The quantitative estimate of drug-likeness (QED) is 0.530. The highest BCUT2D eigenvalue weighted by Crippen LogP contribution is 2.34. The van der Waals surface area contributed by atoms with E-state index in [2.05, 4.69) is 9.97 Å². The molecule has 0 fully saturated rings. The molecule has 5 heteroatoms. The minimum Gasteiger partial charge on any atom is -0.468 e. The van der Waals surface area contributed by atoms with Crippen LogP contribution in [0.25, 0.3) is 22.2 Å². The van der Waals surface area contributed by atoms with Crippen LogP contribution in [0.5, 0.6) is 0 Å². The minimum atomic E-state index is -0.231. The van der Waals surface area contributed by atoms with E-state index >= 15 is 0 Å². The Kier molecular flexibility index (Phi) is 4.09. The molecule has 0 aliphatic rings. The van der Waals surface area contributed by atoms with E-state index < -0.39 is 0 Å². The van der Waals surface area contributed by atoms with Crippen molar-refractivity contribution >= 4 is 22.8 Å². The Balaban J connectivity index is 1.68. The van der Waals surface area contributed by atoms with Crippen molar-refractivity contribution in [3.63, 3.8) is 0 Å². The van der Waals surface area contributed by atoms with Gasteiger partial charge in [-0.3, -0.25) is 0 Å². The van der Waals surface area contributed by atoms with Gasteiger partial charge < -0.3 is 9.40 Å². The first-order chi connectivity index (χ1) is 11.8. The summed E-state index contributed by atoms with van der Waals surface area (Å²) in [5, 5.41) is 1.05. The van der Waals surface area contributed by atoms with Gasteiger partial charge in [0.15, 0.2) is 0 Å². The summed E-state index contributed by atoms with van der Waals surface area (Å²) in [4.78, 5) is 7.81. The highest BCUT2D eigenvalue weighted by molar-refractivity contribution is 7.97. The van der Waals surface area contributed by atoms with Crippen LogP contribution >= 0.6 is 11.8 Å². The van der Waals surface area contributed by atoms with Crippen LogP contribution < -0.4 is 0 Å². The molecule has 0 unspecified atom stereocenters. The van der Waals surface area contributed by atoms with E-state index in [-0.39, 0.29) is 5.82 Å². The molecule has 24 heavy (non-hydrogen) atoms. The number of nitrogens with one attached hydrogen (secondary N) is 1. The lowest BCUT2D eigenvalue weighted by atomic mass is 10.0. The van der Waals surface area contributed by atoms with Gasteiger partial charge in [-0.05, 0) is 42.0 Å². The highest BCUT2D eigenvalue weighted by atomic mass is 32.2. The van der Waals surface area contributed by atoms with E-state index in [0.29, 0.717) is 0 Å². The van der Waals surface area contributed by atoms with E-state index in [1.807, 2.05) is 36.4 Å². The van der Waals surface area contributed by atoms with Crippen molar-refractivity contribution in [3.05, 3.63) is 78.3 Å². The molecule has 1 aromatic carbocycles. The van der Waals surface area contributed by atoms with Crippen LogP contribution in [0, 0.1) is 5.82 Å². The van der Waals surface area contributed by atoms with Gasteiger partial charge in [-0.2, -0.15) is 0 Å². The van der Waals surface area contributed by atoms with Gasteiger partial charge in [0, 0.05) is 28.6 Å². The molecule has 4 aromatic rings. The van der Waals surface area contributed by atoms with Crippen molar-refractivity contribution in [2.75, 3.05) is 0 Å². The Morgan fingerprint density at radius 1 is 1.04 bits per heavy atom. The number of pyridine rings is 1. The number of rotatable bonds is 5. The Hall–Kier alpha value is -2.53. The first-order valence-corrected chi connectivity index (χ1v) is 8.78. The number of thioether (sulfide) groups is 1. The third-order valence-electron chi connectivity index (χ3n) is 3.85. The lowest BCUT2D eigenvalue weighted by Crippen LogP contribution is -1.87. The van der Waals surface area contributed by atoms with Crippen LogP contribution in [0.2, 0.25) is 0 Å². The van der Waals surface area contributed by atoms with Crippen LogP contribution in [-0.2, 0) is 11.5 Å². The maximum absolute atomic E-state index is 13.3. The topological polar surface area (TPSA) is 41.8 Å². The van der Waals surface area contributed by atoms with Crippen molar-refractivity contribution in [3.8, 4) is 11.1 Å². The molecule has 0 amide bonds. The second kappa shape index (κ2) is 6.53. The molecular weight excluding hydrogens is 323 g/mol. The number of H-pyrrole nitrogens is 1. The molecular formula is C19H15FN2OS. The maximum Gasteiger partial charge on any atom is 0.138 e. The molecule has 0 saturated heterocycles. The van der Waals surface area contributed by atoms with Gasteiger partial charge in [0.1, 0.15) is 17.2 Å². The normalized spacial score (nSPS) is 11.2. The predicted octanol–water partition coefficient (Wildman–Crippen LogP) is 5.40. The molecule has 0 radical (unpaired) electrons. The third kappa shape index (κ3) is 2.95. The molecule has 0 saturated carbocycles. The van der Waals surface area contributed by atoms with Gasteiger partial charge in [0.05, 0.1) is 12.0 Å². The summed E-state index contributed by atoms with van der Waals surface area (Å²) in [6.45, 7) is 0. The highest BCUT2D eigenvalue weighted by Gasteiger charge is 2.14. The van der Waals surface area contributed by atoms with Crippen molar-refractivity contribution in [1.82, 2.24) is 9.97 Å². The molecule has 0 spiro atoms. The van der Waals surface area contributed by atoms with E-state index in [0.717, 1.165) is 45.1 Å². The summed E-state index contributed by atoms with van der Waals surface area (Å²) in [5.41, 5.74) is 4.02. The van der Waals surface area contributed by atoms with Gasteiger partial charge in [-0.25, -0.2) is 9.37 Å². The van der Waals surface area contributed by atoms with Gasteiger partial charge in [-0.15, -0.1) is 11.8 Å². The van der Waals surface area contributed by atoms with E-state index in [9.17, 15) is 4.39 Å². The average Bonchev–Trinajstić information content (AvgIpc) is 3.23. The largest absolute Gasteiger partial charge is 0.468 e. The number of hydrogen-bond donors (Lipinski definition) is 1. The Labute approximate surface area is 142 Å². The van der Waals surface area contributed by atoms with Crippen molar-refractivity contribution in [2.45, 2.75) is 11.5 Å². The molecule has 1 N–H and O–H groups in total. The molecule has 0 bridgehead atoms. The number of furan rings is 1. The molecule has 0 aliphatic carbocycles. The zero-order valence-corrected chi connectivity index (χ0v) is 13.6. The number of hydrogen-bond acceptors (Lipinski definition) is 3. The fraction of sp³-hybridized carbons (Fsp3) is 0.105. The summed E-state index contributed by atoms with van der Waals surface area (Å²) in [5.74, 6) is 2.32. The van der Waals surface area contributed by atoms with E-state index in [1.54, 1.807) is 24.2 Å². The standard InChI is InChI=1S/C19H15FN2OS/c20-14-7-5-13(6-8-14)18-16-4-1-9-21-19(16)22-17(18)12-24-11-15-3-2-10-23-15/h1-10H,11-12H2,(H,21,22). The molecule has 0 aliphatic heterocycles. The zero-order chi connectivity index (χ0) is 16.4. The molecule has 4 rings (SSSR count). The number of halogens is 1. The predicted molar refractivity (Wildman–Crippen MR) is 95.2 cm³/mol. The second-order valence-corrected chi connectivity index (χ2v) is 6.44. The Morgan fingerprint density at radius 3 is 2.71 bits per heavy atom. The van der Waals surface area contributed by atoms with Crippen LogP contribution in [0.1, 0.15) is 11.5 Å². The van der Waals surface area contributed by atoms with Crippen LogP contribution in [0.15, 0.2) is 65.4 Å². The van der Waals surface area contributed by atoms with Gasteiger partial charge in [0.25, 0.3) is 0 Å². The molecule has 3 aromatic heterocycles. The van der Waals surface area contributed by atoms with Crippen molar-refractivity contribution < 1.29 is 8.81 Å². The summed E-state index contributed by atoms with van der Waals surface area (Å²) in [6.07, 6.45) is 3.46. The fourth-order valence-electron chi connectivity index (χ4n) is 2.78. The van der Waals surface area contributed by atoms with Crippen LogP contribution in [-0.4, -0.2) is 9.97 Å². The number of fused-ring (bicyclic) bond motifs is 1. The summed E-state index contributed by atoms with van der Waals surface area (Å²) < 4.78 is 18.6. The van der Waals surface area contributed by atoms with Crippen molar-refractivity contribution in [1.29, 1.82) is 0 Å². The molecule has 0 atom stereocenters. The molecule has 120 valence electrons. The number of nitrogens with zero attached hydrogens (tertiary/aromatic N) is 1. The summed E-state index contributed by atoms with van der Waals surface area (Å²) >= 11 is 1.76. The van der Waals surface area contributed by atoms with Crippen LogP contribution in [0.3, 0.4) is 0 Å². The average molecular weight is 338 g/mol. The number of aromatic amines is 1. The lowest BCUT2D eigenvalue weighted by molar-refractivity contribution is 0.530. The number of aromatic nitrogens is 2.